The van der Waals surface area contributed by atoms with Gasteiger partial charge in [-0.1, -0.05) is 30.3 Å². The number of hydrogen-bond acceptors (Lipinski definition) is 4. The third kappa shape index (κ3) is 3.63. The molecule has 6 heteroatoms. The SMILES string of the molecule is C=CC(=O)NC1COc2c(cccc2Oc2ccc(Cl)nc2)C1. The fraction of sp³-hybridized carbons (Fsp3) is 0.176. The molecule has 1 aromatic carbocycles. The van der Waals surface area contributed by atoms with Crippen LogP contribution in [0.25, 0.3) is 0 Å². The molecule has 1 aromatic heterocycles. The highest BCUT2D eigenvalue weighted by molar-refractivity contribution is 6.29. The van der Waals surface area contributed by atoms with E-state index in [9.17, 15) is 4.79 Å². The Kier molecular flexibility index (Phi) is 4.48. The molecule has 0 saturated carbocycles. The van der Waals surface area contributed by atoms with Crippen molar-refractivity contribution < 1.29 is 14.3 Å². The van der Waals surface area contributed by atoms with Crippen molar-refractivity contribution in [2.24, 2.45) is 0 Å². The summed E-state index contributed by atoms with van der Waals surface area (Å²) in [7, 11) is 0. The highest BCUT2D eigenvalue weighted by atomic mass is 35.5. The summed E-state index contributed by atoms with van der Waals surface area (Å²) in [5, 5.41) is 3.24. The number of ether oxygens (including phenoxy) is 2. The second-order valence-corrected chi connectivity index (χ2v) is 5.48. The zero-order valence-corrected chi connectivity index (χ0v) is 13.0. The number of amides is 1. The maximum atomic E-state index is 11.4. The molecule has 1 aliphatic rings. The molecule has 118 valence electrons. The Balaban J connectivity index is 1.78. The van der Waals surface area contributed by atoms with Crippen molar-refractivity contribution in [2.45, 2.75) is 12.5 Å². The van der Waals surface area contributed by atoms with Crippen LogP contribution in [-0.2, 0) is 11.2 Å². The Morgan fingerprint density at radius 1 is 1.43 bits per heavy atom. The molecule has 1 unspecified atom stereocenters. The van der Waals surface area contributed by atoms with Crippen LogP contribution >= 0.6 is 11.6 Å². The van der Waals surface area contributed by atoms with Gasteiger partial charge in [0, 0.05) is 5.56 Å². The van der Waals surface area contributed by atoms with Gasteiger partial charge in [-0.15, -0.1) is 0 Å². The van der Waals surface area contributed by atoms with E-state index in [1.807, 2.05) is 18.2 Å². The number of hydrogen-bond donors (Lipinski definition) is 1. The minimum absolute atomic E-state index is 0.0829. The summed E-state index contributed by atoms with van der Waals surface area (Å²) >= 11 is 5.77. The first-order valence-electron chi connectivity index (χ1n) is 7.12. The van der Waals surface area contributed by atoms with Crippen molar-refractivity contribution >= 4 is 17.5 Å². The number of nitrogens with zero attached hydrogens (tertiary/aromatic N) is 1. The van der Waals surface area contributed by atoms with Crippen LogP contribution in [0.15, 0.2) is 49.2 Å². The standard InChI is InChI=1S/C17H15ClN2O3/c1-2-16(21)20-12-8-11-4-3-5-14(17(11)22-10-12)23-13-6-7-15(18)19-9-13/h2-7,9,12H,1,8,10H2,(H,20,21). The molecule has 5 nitrogen and oxygen atoms in total. The Bertz CT molecular complexity index is 731. The minimum Gasteiger partial charge on any atom is -0.487 e. The van der Waals surface area contributed by atoms with Gasteiger partial charge in [0.05, 0.1) is 12.2 Å². The molecule has 1 amide bonds. The summed E-state index contributed by atoms with van der Waals surface area (Å²) in [6.45, 7) is 3.83. The first-order valence-corrected chi connectivity index (χ1v) is 7.50. The lowest BCUT2D eigenvalue weighted by molar-refractivity contribution is -0.117. The van der Waals surface area contributed by atoms with Gasteiger partial charge < -0.3 is 14.8 Å². The number of nitrogens with one attached hydrogen (secondary N) is 1. The van der Waals surface area contributed by atoms with E-state index in [4.69, 9.17) is 21.1 Å². The number of para-hydroxylation sites is 1. The lowest BCUT2D eigenvalue weighted by Crippen LogP contribution is -2.42. The van der Waals surface area contributed by atoms with Crippen molar-refractivity contribution in [3.63, 3.8) is 0 Å². The van der Waals surface area contributed by atoms with E-state index in [0.29, 0.717) is 35.4 Å². The van der Waals surface area contributed by atoms with Gasteiger partial charge in [-0.3, -0.25) is 4.79 Å². The molecule has 0 bridgehead atoms. The maximum absolute atomic E-state index is 11.4. The third-order valence-corrected chi connectivity index (χ3v) is 3.64. The summed E-state index contributed by atoms with van der Waals surface area (Å²) in [6.07, 6.45) is 3.48. The maximum Gasteiger partial charge on any atom is 0.243 e. The number of pyridine rings is 1. The van der Waals surface area contributed by atoms with Crippen LogP contribution in [0.4, 0.5) is 0 Å². The molecule has 0 fully saturated rings. The molecule has 1 atom stereocenters. The second-order valence-electron chi connectivity index (χ2n) is 5.09. The zero-order valence-electron chi connectivity index (χ0n) is 12.3. The number of aromatic nitrogens is 1. The van der Waals surface area contributed by atoms with E-state index in [0.717, 1.165) is 5.56 Å². The molecular formula is C17H15ClN2O3. The van der Waals surface area contributed by atoms with Crippen molar-refractivity contribution in [1.29, 1.82) is 0 Å². The molecular weight excluding hydrogens is 316 g/mol. The van der Waals surface area contributed by atoms with E-state index in [1.165, 1.54) is 6.08 Å². The monoisotopic (exact) mass is 330 g/mol. The Morgan fingerprint density at radius 3 is 3.04 bits per heavy atom. The highest BCUT2D eigenvalue weighted by Crippen LogP contribution is 2.37. The van der Waals surface area contributed by atoms with Gasteiger partial charge in [0.2, 0.25) is 5.91 Å². The number of halogens is 1. The van der Waals surface area contributed by atoms with Gasteiger partial charge >= 0.3 is 0 Å². The molecule has 0 radical (unpaired) electrons. The number of benzene rings is 1. The third-order valence-electron chi connectivity index (χ3n) is 3.42. The zero-order chi connectivity index (χ0) is 16.2. The van der Waals surface area contributed by atoms with Crippen molar-refractivity contribution in [3.05, 3.63) is 59.9 Å². The normalized spacial score (nSPS) is 16.0. The van der Waals surface area contributed by atoms with Crippen LogP contribution in [-0.4, -0.2) is 23.5 Å². The van der Waals surface area contributed by atoms with Gasteiger partial charge in [-0.25, -0.2) is 4.98 Å². The second kappa shape index (κ2) is 6.71. The molecule has 0 aliphatic carbocycles. The van der Waals surface area contributed by atoms with E-state index in [1.54, 1.807) is 18.3 Å². The molecule has 3 rings (SSSR count). The van der Waals surface area contributed by atoms with Crippen LogP contribution < -0.4 is 14.8 Å². The molecule has 1 N–H and O–H groups in total. The van der Waals surface area contributed by atoms with Crippen LogP contribution in [0.5, 0.6) is 17.2 Å². The Morgan fingerprint density at radius 2 is 2.30 bits per heavy atom. The van der Waals surface area contributed by atoms with Gasteiger partial charge in [-0.05, 0) is 30.7 Å². The van der Waals surface area contributed by atoms with Gasteiger partial charge in [0.15, 0.2) is 11.5 Å². The van der Waals surface area contributed by atoms with E-state index in [2.05, 4.69) is 16.9 Å². The van der Waals surface area contributed by atoms with Crippen LogP contribution in [0.3, 0.4) is 0 Å². The predicted molar refractivity (Wildman–Crippen MR) is 87.1 cm³/mol. The molecule has 23 heavy (non-hydrogen) atoms. The summed E-state index contributed by atoms with van der Waals surface area (Å²) in [4.78, 5) is 15.4. The Hall–Kier alpha value is -2.53. The minimum atomic E-state index is -0.207. The number of carbonyl (C=O) groups excluding carboxylic acids is 1. The fourth-order valence-corrected chi connectivity index (χ4v) is 2.49. The molecule has 0 saturated heterocycles. The van der Waals surface area contributed by atoms with Gasteiger partial charge in [0.25, 0.3) is 0 Å². The molecule has 2 heterocycles. The van der Waals surface area contributed by atoms with Gasteiger partial charge in [-0.2, -0.15) is 0 Å². The quantitative estimate of drug-likeness (QED) is 0.691. The van der Waals surface area contributed by atoms with Crippen molar-refractivity contribution in [1.82, 2.24) is 10.3 Å². The topological polar surface area (TPSA) is 60.5 Å². The largest absolute Gasteiger partial charge is 0.487 e. The average molecular weight is 331 g/mol. The smallest absolute Gasteiger partial charge is 0.243 e. The van der Waals surface area contributed by atoms with E-state index in [-0.39, 0.29) is 11.9 Å². The number of rotatable bonds is 4. The summed E-state index contributed by atoms with van der Waals surface area (Å²) in [6, 6.07) is 8.99. The van der Waals surface area contributed by atoms with Crippen molar-refractivity contribution in [2.75, 3.05) is 6.61 Å². The first kappa shape index (κ1) is 15.4. The fourth-order valence-electron chi connectivity index (χ4n) is 2.38. The van der Waals surface area contributed by atoms with E-state index < -0.39 is 0 Å². The highest BCUT2D eigenvalue weighted by Gasteiger charge is 2.23. The Labute approximate surface area is 138 Å². The van der Waals surface area contributed by atoms with Crippen LogP contribution in [0.2, 0.25) is 5.15 Å². The molecule has 2 aromatic rings. The number of carbonyl (C=O) groups is 1. The van der Waals surface area contributed by atoms with Crippen LogP contribution in [0, 0.1) is 0 Å². The van der Waals surface area contributed by atoms with E-state index >= 15 is 0 Å². The first-order chi connectivity index (χ1) is 11.2. The molecule has 1 aliphatic heterocycles. The van der Waals surface area contributed by atoms with Crippen molar-refractivity contribution in [3.8, 4) is 17.2 Å². The lowest BCUT2D eigenvalue weighted by atomic mass is 10.0. The number of fused-ring (bicyclic) bond motifs is 1. The summed E-state index contributed by atoms with van der Waals surface area (Å²) in [5.41, 5.74) is 0.977. The molecule has 0 spiro atoms. The lowest BCUT2D eigenvalue weighted by Gasteiger charge is -2.27. The summed E-state index contributed by atoms with van der Waals surface area (Å²) < 4.78 is 11.6. The van der Waals surface area contributed by atoms with Crippen LogP contribution in [0.1, 0.15) is 5.56 Å². The van der Waals surface area contributed by atoms with Gasteiger partial charge in [0.1, 0.15) is 17.5 Å². The summed E-state index contributed by atoms with van der Waals surface area (Å²) in [5.74, 6) is 1.67. The average Bonchev–Trinajstić information content (AvgIpc) is 2.57. The predicted octanol–water partition coefficient (Wildman–Crippen LogP) is 3.13.